The van der Waals surface area contributed by atoms with E-state index in [-0.39, 0.29) is 23.0 Å². The largest absolute Gasteiger partial charge is 0.464 e. The molecule has 0 radical (unpaired) electrons. The van der Waals surface area contributed by atoms with Crippen molar-refractivity contribution in [1.82, 2.24) is 0 Å². The Labute approximate surface area is 153 Å². The fraction of sp³-hybridized carbons (Fsp3) is 0.889. The van der Waals surface area contributed by atoms with Gasteiger partial charge >= 0.3 is 5.97 Å². The predicted octanol–water partition coefficient (Wildman–Crippen LogP) is 4.75. The van der Waals surface area contributed by atoms with Crippen LogP contribution in [0.25, 0.3) is 0 Å². The lowest BCUT2D eigenvalue weighted by molar-refractivity contribution is -0.147. The van der Waals surface area contributed by atoms with Gasteiger partial charge in [-0.15, -0.1) is 11.8 Å². The summed E-state index contributed by atoms with van der Waals surface area (Å²) in [6.45, 7) is 19.8. The third-order valence-corrected chi connectivity index (χ3v) is 10.4. The van der Waals surface area contributed by atoms with Gasteiger partial charge in [-0.2, -0.15) is 0 Å². The molecule has 0 N–H and O–H groups in total. The van der Waals surface area contributed by atoms with E-state index in [1.54, 1.807) is 11.8 Å². The van der Waals surface area contributed by atoms with Crippen LogP contribution in [0, 0.1) is 11.8 Å². The van der Waals surface area contributed by atoms with Gasteiger partial charge in [-0.25, -0.2) is 4.79 Å². The molecular formula is C18H35NO3SSi. The number of aliphatic imine (C=N–C) groups is 1. The molecule has 6 heteroatoms. The molecule has 0 aromatic rings. The highest BCUT2D eigenvalue weighted by Crippen LogP contribution is 2.42. The minimum absolute atomic E-state index is 0.0917. The minimum atomic E-state index is -2.01. The molecule has 0 saturated carbocycles. The highest BCUT2D eigenvalue weighted by atomic mass is 32.2. The van der Waals surface area contributed by atoms with E-state index < -0.39 is 14.4 Å². The molecule has 24 heavy (non-hydrogen) atoms. The quantitative estimate of drug-likeness (QED) is 0.498. The van der Waals surface area contributed by atoms with Crippen LogP contribution in [0.2, 0.25) is 18.1 Å². The second kappa shape index (κ2) is 8.36. The van der Waals surface area contributed by atoms with E-state index in [9.17, 15) is 4.79 Å². The van der Waals surface area contributed by atoms with Gasteiger partial charge in [-0.3, -0.25) is 4.99 Å². The number of rotatable bonds is 6. The second-order valence-corrected chi connectivity index (χ2v) is 14.3. The molecule has 0 unspecified atom stereocenters. The van der Waals surface area contributed by atoms with E-state index in [0.29, 0.717) is 12.5 Å². The van der Waals surface area contributed by atoms with Gasteiger partial charge in [0.15, 0.2) is 14.4 Å². The smallest absolute Gasteiger partial charge is 0.333 e. The number of carbonyl (C=O) groups is 1. The van der Waals surface area contributed by atoms with Gasteiger partial charge in [-0.1, -0.05) is 41.5 Å². The molecule has 3 atom stereocenters. The summed E-state index contributed by atoms with van der Waals surface area (Å²) in [7, 11) is -2.01. The molecule has 0 spiro atoms. The lowest BCUT2D eigenvalue weighted by Gasteiger charge is -2.41. The van der Waals surface area contributed by atoms with E-state index >= 15 is 0 Å². The van der Waals surface area contributed by atoms with Gasteiger partial charge in [0.1, 0.15) is 0 Å². The van der Waals surface area contributed by atoms with Crippen LogP contribution in [0.5, 0.6) is 0 Å². The van der Waals surface area contributed by atoms with Crippen LogP contribution in [0.1, 0.15) is 48.5 Å². The molecule has 0 aromatic heterocycles. The molecule has 140 valence electrons. The van der Waals surface area contributed by atoms with E-state index in [4.69, 9.17) is 14.2 Å². The van der Waals surface area contributed by atoms with Crippen molar-refractivity contribution in [3.8, 4) is 0 Å². The van der Waals surface area contributed by atoms with Crippen LogP contribution < -0.4 is 0 Å². The number of nitrogens with zero attached hydrogens (tertiary/aromatic N) is 1. The first-order chi connectivity index (χ1) is 11.0. The van der Waals surface area contributed by atoms with Crippen LogP contribution >= 0.6 is 11.8 Å². The van der Waals surface area contributed by atoms with E-state index in [1.165, 1.54) is 0 Å². The van der Waals surface area contributed by atoms with E-state index in [0.717, 1.165) is 10.8 Å². The first kappa shape index (κ1) is 21.7. The Morgan fingerprint density at radius 2 is 1.88 bits per heavy atom. The zero-order chi connectivity index (χ0) is 18.7. The van der Waals surface area contributed by atoms with E-state index in [1.807, 2.05) is 6.92 Å². The highest BCUT2D eigenvalue weighted by molar-refractivity contribution is 8.14. The zero-order valence-electron chi connectivity index (χ0n) is 16.8. The summed E-state index contributed by atoms with van der Waals surface area (Å²) in [4.78, 5) is 17.3. The zero-order valence-corrected chi connectivity index (χ0v) is 18.6. The third kappa shape index (κ3) is 4.85. The molecule has 0 bridgehead atoms. The van der Waals surface area contributed by atoms with Crippen molar-refractivity contribution in [2.24, 2.45) is 16.8 Å². The Balaban J connectivity index is 3.20. The molecule has 0 fully saturated rings. The third-order valence-electron chi connectivity index (χ3n) is 4.99. The van der Waals surface area contributed by atoms with Crippen LogP contribution in [-0.4, -0.2) is 43.8 Å². The maximum atomic E-state index is 12.5. The summed E-state index contributed by atoms with van der Waals surface area (Å²) < 4.78 is 12.0. The summed E-state index contributed by atoms with van der Waals surface area (Å²) in [6, 6.07) is -0.527. The van der Waals surface area contributed by atoms with Crippen molar-refractivity contribution < 1.29 is 14.0 Å². The van der Waals surface area contributed by atoms with Gasteiger partial charge in [0.05, 0.1) is 17.8 Å². The number of thioether (sulfide) groups is 1. The van der Waals surface area contributed by atoms with Gasteiger partial charge in [0.25, 0.3) is 0 Å². The fourth-order valence-electron chi connectivity index (χ4n) is 2.65. The Hall–Kier alpha value is -0.333. The Kier molecular flexibility index (Phi) is 7.57. The highest BCUT2D eigenvalue weighted by Gasteiger charge is 2.50. The van der Waals surface area contributed by atoms with Crippen LogP contribution in [0.15, 0.2) is 4.99 Å². The first-order valence-electron chi connectivity index (χ1n) is 9.01. The molecule has 0 saturated heterocycles. The molecule has 1 aliphatic heterocycles. The average molecular weight is 374 g/mol. The lowest BCUT2D eigenvalue weighted by atomic mass is 9.90. The molecule has 1 heterocycles. The van der Waals surface area contributed by atoms with Crippen LogP contribution in [0.3, 0.4) is 0 Å². The molecule has 0 aliphatic carbocycles. The van der Waals surface area contributed by atoms with Crippen molar-refractivity contribution >= 4 is 31.1 Å². The standard InChI is InChI=1S/C18H35NO3SSi/c1-10-21-17(20)14-15(22-24(8,9)18(5,6)7)13(12(3)4)16(19-14)23-11-2/h12-15H,10-11H2,1-9H3/t13-,14+,15-/m1/s1. The fourth-order valence-corrected chi connectivity index (χ4v) is 5.04. The number of hydrogen-bond acceptors (Lipinski definition) is 5. The maximum absolute atomic E-state index is 12.5. The number of hydrogen-bond donors (Lipinski definition) is 0. The SMILES string of the molecule is CCOC(=O)[C@H]1N=C(SCC)[C@H](C(C)C)[C@H]1O[Si](C)(C)C(C)(C)C. The summed E-state index contributed by atoms with van der Waals surface area (Å²) >= 11 is 1.73. The maximum Gasteiger partial charge on any atom is 0.333 e. The number of esters is 1. The van der Waals surface area contributed by atoms with Gasteiger partial charge in [0.2, 0.25) is 0 Å². The van der Waals surface area contributed by atoms with Gasteiger partial charge in [0, 0.05) is 5.92 Å². The van der Waals surface area contributed by atoms with Gasteiger partial charge in [-0.05, 0) is 36.7 Å². The van der Waals surface area contributed by atoms with Crippen molar-refractivity contribution in [1.29, 1.82) is 0 Å². The summed E-state index contributed by atoms with van der Waals surface area (Å²) in [5, 5.41) is 1.14. The van der Waals surface area contributed by atoms with Crippen molar-refractivity contribution in [2.75, 3.05) is 12.4 Å². The van der Waals surface area contributed by atoms with Crippen LogP contribution in [-0.2, 0) is 14.0 Å². The first-order valence-corrected chi connectivity index (χ1v) is 12.9. The van der Waals surface area contributed by atoms with E-state index in [2.05, 4.69) is 54.6 Å². The number of ether oxygens (including phenoxy) is 1. The van der Waals surface area contributed by atoms with Crippen molar-refractivity contribution in [3.63, 3.8) is 0 Å². The second-order valence-electron chi connectivity index (χ2n) is 8.21. The molecule has 1 rings (SSSR count). The topological polar surface area (TPSA) is 47.9 Å². The summed E-state index contributed by atoms with van der Waals surface area (Å²) in [6.07, 6.45) is -0.209. The van der Waals surface area contributed by atoms with Crippen molar-refractivity contribution in [2.45, 2.75) is 78.7 Å². The Bertz CT molecular complexity index is 471. The molecule has 0 amide bonds. The summed E-state index contributed by atoms with van der Waals surface area (Å²) in [5.74, 6) is 1.23. The van der Waals surface area contributed by atoms with Gasteiger partial charge < -0.3 is 9.16 Å². The summed E-state index contributed by atoms with van der Waals surface area (Å²) in [5.41, 5.74) is 0. The van der Waals surface area contributed by atoms with Crippen LogP contribution in [0.4, 0.5) is 0 Å². The van der Waals surface area contributed by atoms with Crippen molar-refractivity contribution in [3.05, 3.63) is 0 Å². The minimum Gasteiger partial charge on any atom is -0.464 e. The predicted molar refractivity (Wildman–Crippen MR) is 106 cm³/mol. The lowest BCUT2D eigenvalue weighted by Crippen LogP contribution is -2.50. The average Bonchev–Trinajstić information content (AvgIpc) is 2.76. The monoisotopic (exact) mass is 373 g/mol. The molecule has 4 nitrogen and oxygen atoms in total. The Morgan fingerprint density at radius 1 is 1.29 bits per heavy atom. The Morgan fingerprint density at radius 3 is 2.29 bits per heavy atom. The molecule has 0 aromatic carbocycles. The number of carbonyl (C=O) groups excluding carboxylic acids is 1. The normalized spacial score (nSPS) is 25.1. The molecule has 1 aliphatic rings. The molecular weight excluding hydrogens is 338 g/mol.